The van der Waals surface area contributed by atoms with Crippen LogP contribution in [0.3, 0.4) is 0 Å². The Kier molecular flexibility index (Phi) is 4.63. The molecule has 0 aliphatic heterocycles. The largest absolute Gasteiger partial charge is 0.394 e. The molecule has 1 unspecified atom stereocenters. The average Bonchev–Trinajstić information content (AvgIpc) is 3.07. The second-order valence-corrected chi connectivity index (χ2v) is 5.88. The van der Waals surface area contributed by atoms with Gasteiger partial charge in [-0.2, -0.15) is 0 Å². The van der Waals surface area contributed by atoms with Crippen molar-refractivity contribution in [1.82, 2.24) is 15.0 Å². The van der Waals surface area contributed by atoms with Crippen molar-refractivity contribution < 1.29 is 5.11 Å². The molecular weight excluding hydrogens is 276 g/mol. The zero-order valence-corrected chi connectivity index (χ0v) is 12.9. The van der Waals surface area contributed by atoms with E-state index in [-0.39, 0.29) is 12.6 Å². The highest BCUT2D eigenvalue weighted by Crippen LogP contribution is 2.29. The molecule has 5 nitrogen and oxygen atoms in total. The molecular formula is C17H22N4O. The first-order chi connectivity index (χ1) is 10.8. The minimum atomic E-state index is 0.0633. The van der Waals surface area contributed by atoms with Gasteiger partial charge in [0, 0.05) is 12.3 Å². The highest BCUT2D eigenvalue weighted by Gasteiger charge is 2.24. The summed E-state index contributed by atoms with van der Waals surface area (Å²) in [6.45, 7) is 2.01. The van der Waals surface area contributed by atoms with E-state index < -0.39 is 0 Å². The molecule has 0 amide bonds. The number of aliphatic hydroxyl groups excluding tert-OH is 1. The van der Waals surface area contributed by atoms with E-state index in [1.54, 1.807) is 6.20 Å². The van der Waals surface area contributed by atoms with E-state index in [4.69, 9.17) is 0 Å². The number of hydrogen-bond acceptors (Lipinski definition) is 5. The number of nitrogens with zero attached hydrogens (tertiary/aromatic N) is 3. The summed E-state index contributed by atoms with van der Waals surface area (Å²) in [6.07, 6.45) is 6.62. The Morgan fingerprint density at radius 2 is 2.05 bits per heavy atom. The molecule has 0 aromatic carbocycles. The van der Waals surface area contributed by atoms with Crippen LogP contribution in [0.4, 0.5) is 5.82 Å². The van der Waals surface area contributed by atoms with Crippen molar-refractivity contribution in [3.8, 4) is 11.4 Å². The molecule has 5 heteroatoms. The molecule has 116 valence electrons. The van der Waals surface area contributed by atoms with Gasteiger partial charge in [0.2, 0.25) is 0 Å². The number of rotatable bonds is 5. The molecule has 1 atom stereocenters. The zero-order valence-electron chi connectivity index (χ0n) is 12.9. The highest BCUT2D eigenvalue weighted by molar-refractivity contribution is 5.58. The molecule has 1 aliphatic carbocycles. The van der Waals surface area contributed by atoms with Gasteiger partial charge in [-0.15, -0.1) is 0 Å². The number of aliphatic hydroxyl groups is 1. The first-order valence-corrected chi connectivity index (χ1v) is 7.91. The van der Waals surface area contributed by atoms with E-state index in [1.807, 2.05) is 31.2 Å². The van der Waals surface area contributed by atoms with Gasteiger partial charge in [0.15, 0.2) is 0 Å². The summed E-state index contributed by atoms with van der Waals surface area (Å²) in [6, 6.07) is 7.74. The SMILES string of the molecule is Cc1nc(NC(CO)C2CCCC2)cc(-c2ccccn2)n1. The maximum Gasteiger partial charge on any atom is 0.130 e. The van der Waals surface area contributed by atoms with E-state index in [0.29, 0.717) is 11.7 Å². The summed E-state index contributed by atoms with van der Waals surface area (Å²) in [5.41, 5.74) is 1.64. The lowest BCUT2D eigenvalue weighted by molar-refractivity contribution is 0.238. The van der Waals surface area contributed by atoms with Gasteiger partial charge < -0.3 is 10.4 Å². The Labute approximate surface area is 130 Å². The first-order valence-electron chi connectivity index (χ1n) is 7.91. The van der Waals surface area contributed by atoms with Crippen LogP contribution in [0.2, 0.25) is 0 Å². The van der Waals surface area contributed by atoms with Gasteiger partial charge in [-0.3, -0.25) is 4.98 Å². The topological polar surface area (TPSA) is 70.9 Å². The summed E-state index contributed by atoms with van der Waals surface area (Å²) in [5.74, 6) is 1.99. The van der Waals surface area contributed by atoms with E-state index in [9.17, 15) is 5.11 Å². The first kappa shape index (κ1) is 14.9. The van der Waals surface area contributed by atoms with Crippen molar-refractivity contribution in [2.75, 3.05) is 11.9 Å². The summed E-state index contributed by atoms with van der Waals surface area (Å²) >= 11 is 0. The molecule has 0 bridgehead atoms. The maximum atomic E-state index is 9.69. The van der Waals surface area contributed by atoms with E-state index >= 15 is 0 Å². The zero-order chi connectivity index (χ0) is 15.4. The third kappa shape index (κ3) is 3.42. The van der Waals surface area contributed by atoms with Crippen LogP contribution in [0, 0.1) is 12.8 Å². The van der Waals surface area contributed by atoms with Crippen molar-refractivity contribution in [2.45, 2.75) is 38.6 Å². The Morgan fingerprint density at radius 1 is 1.23 bits per heavy atom. The second kappa shape index (κ2) is 6.83. The smallest absolute Gasteiger partial charge is 0.130 e. The van der Waals surface area contributed by atoms with Crippen LogP contribution in [0.5, 0.6) is 0 Å². The lowest BCUT2D eigenvalue weighted by Crippen LogP contribution is -2.31. The van der Waals surface area contributed by atoms with Crippen LogP contribution in [-0.2, 0) is 0 Å². The maximum absolute atomic E-state index is 9.69. The summed E-state index contributed by atoms with van der Waals surface area (Å²) < 4.78 is 0. The molecule has 0 spiro atoms. The molecule has 2 aromatic rings. The minimum Gasteiger partial charge on any atom is -0.394 e. The van der Waals surface area contributed by atoms with Crippen molar-refractivity contribution in [2.24, 2.45) is 5.92 Å². The third-order valence-corrected chi connectivity index (χ3v) is 4.26. The van der Waals surface area contributed by atoms with E-state index in [2.05, 4.69) is 20.3 Å². The van der Waals surface area contributed by atoms with Crippen molar-refractivity contribution in [3.63, 3.8) is 0 Å². The molecule has 2 N–H and O–H groups in total. The van der Waals surface area contributed by atoms with Gasteiger partial charge in [0.05, 0.1) is 24.0 Å². The number of nitrogens with one attached hydrogen (secondary N) is 1. The van der Waals surface area contributed by atoms with Crippen molar-refractivity contribution >= 4 is 5.82 Å². The van der Waals surface area contributed by atoms with Gasteiger partial charge in [-0.05, 0) is 37.8 Å². The lowest BCUT2D eigenvalue weighted by Gasteiger charge is -2.23. The molecule has 0 radical (unpaired) electrons. The lowest BCUT2D eigenvalue weighted by atomic mass is 9.99. The minimum absolute atomic E-state index is 0.0633. The number of hydrogen-bond donors (Lipinski definition) is 2. The molecule has 0 saturated heterocycles. The van der Waals surface area contributed by atoms with Gasteiger partial charge in [-0.1, -0.05) is 18.9 Å². The predicted molar refractivity (Wildman–Crippen MR) is 86.5 cm³/mol. The van der Waals surface area contributed by atoms with Crippen molar-refractivity contribution in [3.05, 3.63) is 36.3 Å². The molecule has 2 heterocycles. The summed E-state index contributed by atoms with van der Waals surface area (Å²) in [7, 11) is 0. The Bertz CT molecular complexity index is 611. The predicted octanol–water partition coefficient (Wildman–Crippen LogP) is 2.81. The fraction of sp³-hybridized carbons (Fsp3) is 0.471. The summed E-state index contributed by atoms with van der Waals surface area (Å²) in [5, 5.41) is 13.1. The van der Waals surface area contributed by atoms with E-state index in [1.165, 1.54) is 25.7 Å². The molecule has 22 heavy (non-hydrogen) atoms. The monoisotopic (exact) mass is 298 g/mol. The number of aryl methyl sites for hydroxylation is 1. The Balaban J connectivity index is 1.83. The van der Waals surface area contributed by atoms with Crippen LogP contribution in [0.25, 0.3) is 11.4 Å². The molecule has 3 rings (SSSR count). The third-order valence-electron chi connectivity index (χ3n) is 4.26. The van der Waals surface area contributed by atoms with Crippen LogP contribution >= 0.6 is 0 Å². The summed E-state index contributed by atoms with van der Waals surface area (Å²) in [4.78, 5) is 13.3. The average molecular weight is 298 g/mol. The number of aromatic nitrogens is 3. The standard InChI is InChI=1S/C17H22N4O/c1-12-19-15(14-8-4-5-9-18-14)10-17(20-12)21-16(11-22)13-6-2-3-7-13/h4-5,8-10,13,16,22H,2-3,6-7,11H2,1H3,(H,19,20,21). The number of anilines is 1. The normalized spacial score (nSPS) is 16.6. The number of pyridine rings is 1. The molecule has 2 aromatic heterocycles. The Hall–Kier alpha value is -2.01. The molecule has 1 fully saturated rings. The van der Waals surface area contributed by atoms with Crippen LogP contribution in [-0.4, -0.2) is 32.7 Å². The van der Waals surface area contributed by atoms with Crippen LogP contribution < -0.4 is 5.32 Å². The van der Waals surface area contributed by atoms with Gasteiger partial charge in [0.1, 0.15) is 11.6 Å². The highest BCUT2D eigenvalue weighted by atomic mass is 16.3. The fourth-order valence-corrected chi connectivity index (χ4v) is 3.15. The van der Waals surface area contributed by atoms with Gasteiger partial charge in [0.25, 0.3) is 0 Å². The van der Waals surface area contributed by atoms with Crippen LogP contribution in [0.15, 0.2) is 30.5 Å². The quantitative estimate of drug-likeness (QED) is 0.888. The van der Waals surface area contributed by atoms with E-state index in [0.717, 1.165) is 17.2 Å². The van der Waals surface area contributed by atoms with Crippen molar-refractivity contribution in [1.29, 1.82) is 0 Å². The van der Waals surface area contributed by atoms with Gasteiger partial charge in [-0.25, -0.2) is 9.97 Å². The Morgan fingerprint density at radius 3 is 2.73 bits per heavy atom. The fourth-order valence-electron chi connectivity index (χ4n) is 3.15. The molecule has 1 aliphatic rings. The van der Waals surface area contributed by atoms with Crippen LogP contribution in [0.1, 0.15) is 31.5 Å². The second-order valence-electron chi connectivity index (χ2n) is 5.88. The van der Waals surface area contributed by atoms with Gasteiger partial charge >= 0.3 is 0 Å². The molecule has 1 saturated carbocycles.